The fourth-order valence-corrected chi connectivity index (χ4v) is 3.42. The van der Waals surface area contributed by atoms with Crippen LogP contribution in [0, 0.1) is 11.8 Å². The van der Waals surface area contributed by atoms with Gasteiger partial charge >= 0.3 is 6.18 Å². The van der Waals surface area contributed by atoms with E-state index < -0.39 is 27.1 Å². The van der Waals surface area contributed by atoms with Gasteiger partial charge in [-0.25, -0.2) is 8.42 Å². The molecule has 0 bridgehead atoms. The molecule has 0 heterocycles. The van der Waals surface area contributed by atoms with Crippen molar-refractivity contribution in [2.24, 2.45) is 11.8 Å². The average Bonchev–Trinajstić information content (AvgIpc) is 1.99. The van der Waals surface area contributed by atoms with E-state index in [2.05, 4.69) is 0 Å². The summed E-state index contributed by atoms with van der Waals surface area (Å²) in [6.45, 7) is 0. The molecule has 1 saturated carbocycles. The van der Waals surface area contributed by atoms with Gasteiger partial charge in [-0.1, -0.05) is 6.42 Å². The minimum Gasteiger partial charge on any atom is -0.212 e. The van der Waals surface area contributed by atoms with Crippen molar-refractivity contribution in [2.45, 2.75) is 31.9 Å². The van der Waals surface area contributed by atoms with E-state index in [0.29, 0.717) is 12.8 Å². The molecule has 0 spiro atoms. The predicted molar refractivity (Wildman–Crippen MR) is 51.1 cm³/mol. The Morgan fingerprint density at radius 3 is 2.33 bits per heavy atom. The number of hydrogen-bond acceptors (Lipinski definition) is 2. The molecule has 2 unspecified atom stereocenters. The SMILES string of the molecule is O=S(=O)(Cl)CC1CCCC(C(F)(F)F)C1. The zero-order valence-corrected chi connectivity index (χ0v) is 9.50. The summed E-state index contributed by atoms with van der Waals surface area (Å²) in [6, 6.07) is 0. The summed E-state index contributed by atoms with van der Waals surface area (Å²) in [6.07, 6.45) is -3.30. The molecule has 15 heavy (non-hydrogen) atoms. The molecule has 0 saturated heterocycles. The molecule has 0 aromatic rings. The van der Waals surface area contributed by atoms with Crippen molar-refractivity contribution in [2.75, 3.05) is 5.75 Å². The van der Waals surface area contributed by atoms with Crippen molar-refractivity contribution in [1.29, 1.82) is 0 Å². The van der Waals surface area contributed by atoms with Crippen molar-refractivity contribution < 1.29 is 21.6 Å². The van der Waals surface area contributed by atoms with E-state index in [4.69, 9.17) is 10.7 Å². The molecule has 0 aromatic heterocycles. The zero-order chi connectivity index (χ0) is 11.7. The van der Waals surface area contributed by atoms with Gasteiger partial charge in [0.1, 0.15) is 0 Å². The molecule has 0 radical (unpaired) electrons. The Morgan fingerprint density at radius 1 is 1.27 bits per heavy atom. The third-order valence-electron chi connectivity index (χ3n) is 2.68. The molecule has 1 rings (SSSR count). The molecule has 90 valence electrons. The van der Waals surface area contributed by atoms with Crippen LogP contribution in [0.4, 0.5) is 13.2 Å². The molecule has 0 aliphatic heterocycles. The van der Waals surface area contributed by atoms with Crippen molar-refractivity contribution in [3.8, 4) is 0 Å². The minimum absolute atomic E-state index is 0.0995. The lowest BCUT2D eigenvalue weighted by atomic mass is 9.82. The largest absolute Gasteiger partial charge is 0.391 e. The highest BCUT2D eigenvalue weighted by Crippen LogP contribution is 2.40. The molecule has 2 nitrogen and oxygen atoms in total. The van der Waals surface area contributed by atoms with Gasteiger partial charge in [0.25, 0.3) is 0 Å². The monoisotopic (exact) mass is 264 g/mol. The summed E-state index contributed by atoms with van der Waals surface area (Å²) in [4.78, 5) is 0. The first-order valence-corrected chi connectivity index (χ1v) is 7.15. The van der Waals surface area contributed by atoms with Gasteiger partial charge in [0.05, 0.1) is 11.7 Å². The molecule has 1 aliphatic carbocycles. The second kappa shape index (κ2) is 4.49. The number of rotatable bonds is 2. The predicted octanol–water partition coefficient (Wildman–Crippen LogP) is 2.92. The molecule has 1 fully saturated rings. The first-order chi connectivity index (χ1) is 6.68. The molecule has 0 N–H and O–H groups in total. The molecular formula is C8H12ClF3O2S. The molecule has 0 aromatic carbocycles. The van der Waals surface area contributed by atoms with Gasteiger partial charge in [0, 0.05) is 10.7 Å². The van der Waals surface area contributed by atoms with Gasteiger partial charge in [-0.15, -0.1) is 0 Å². The maximum absolute atomic E-state index is 12.4. The minimum atomic E-state index is -4.21. The lowest BCUT2D eigenvalue weighted by Crippen LogP contribution is -2.30. The van der Waals surface area contributed by atoms with Gasteiger partial charge in [-0.2, -0.15) is 13.2 Å². The van der Waals surface area contributed by atoms with E-state index in [0.717, 1.165) is 0 Å². The second-order valence-electron chi connectivity index (χ2n) is 3.98. The quantitative estimate of drug-likeness (QED) is 0.719. The van der Waals surface area contributed by atoms with Crippen molar-refractivity contribution in [1.82, 2.24) is 0 Å². The van der Waals surface area contributed by atoms with Crippen LogP contribution in [0.2, 0.25) is 0 Å². The molecular weight excluding hydrogens is 253 g/mol. The van der Waals surface area contributed by atoms with Crippen LogP contribution in [0.15, 0.2) is 0 Å². The summed E-state index contributed by atoms with van der Waals surface area (Å²) >= 11 is 0. The molecule has 2 atom stereocenters. The molecule has 7 heteroatoms. The first kappa shape index (κ1) is 13.1. The molecule has 0 amide bonds. The van der Waals surface area contributed by atoms with Crippen LogP contribution >= 0.6 is 10.7 Å². The zero-order valence-electron chi connectivity index (χ0n) is 7.93. The highest BCUT2D eigenvalue weighted by atomic mass is 35.7. The van der Waals surface area contributed by atoms with Crippen molar-refractivity contribution >= 4 is 19.7 Å². The normalized spacial score (nSPS) is 29.1. The molecule has 1 aliphatic rings. The Bertz CT molecular complexity index is 312. The van der Waals surface area contributed by atoms with Crippen LogP contribution in [-0.4, -0.2) is 20.3 Å². The third kappa shape index (κ3) is 4.59. The number of halogens is 4. The van der Waals surface area contributed by atoms with Crippen LogP contribution in [0.25, 0.3) is 0 Å². The Morgan fingerprint density at radius 2 is 1.87 bits per heavy atom. The summed E-state index contributed by atoms with van der Waals surface area (Å²) in [5, 5.41) is 0. The topological polar surface area (TPSA) is 34.1 Å². The Kier molecular flexibility index (Phi) is 3.92. The van der Waals surface area contributed by atoms with Gasteiger partial charge in [-0.05, 0) is 25.2 Å². The van der Waals surface area contributed by atoms with E-state index in [9.17, 15) is 21.6 Å². The summed E-state index contributed by atoms with van der Waals surface area (Å²) in [5.74, 6) is -2.16. The van der Waals surface area contributed by atoms with E-state index in [1.54, 1.807) is 0 Å². The lowest BCUT2D eigenvalue weighted by molar-refractivity contribution is -0.185. The van der Waals surface area contributed by atoms with Gasteiger partial charge < -0.3 is 0 Å². The summed E-state index contributed by atoms with van der Waals surface area (Å²) in [5.41, 5.74) is 0. The van der Waals surface area contributed by atoms with Crippen LogP contribution in [0.5, 0.6) is 0 Å². The standard InChI is InChI=1S/C8H12ClF3O2S/c9-15(13,14)5-6-2-1-3-7(4-6)8(10,11)12/h6-7H,1-5H2. The fourth-order valence-electron chi connectivity index (χ4n) is 2.02. The van der Waals surface area contributed by atoms with Crippen molar-refractivity contribution in [3.05, 3.63) is 0 Å². The third-order valence-corrected chi connectivity index (χ3v) is 3.93. The Hall–Kier alpha value is 0.0300. The first-order valence-electron chi connectivity index (χ1n) is 4.67. The van der Waals surface area contributed by atoms with Gasteiger partial charge in [-0.3, -0.25) is 0 Å². The summed E-state index contributed by atoms with van der Waals surface area (Å²) < 4.78 is 58.6. The van der Waals surface area contributed by atoms with E-state index in [-0.39, 0.29) is 18.6 Å². The lowest BCUT2D eigenvalue weighted by Gasteiger charge is -2.29. The summed E-state index contributed by atoms with van der Waals surface area (Å²) in [7, 11) is 1.33. The van der Waals surface area contributed by atoms with Gasteiger partial charge in [0.15, 0.2) is 0 Å². The average molecular weight is 265 g/mol. The second-order valence-corrected chi connectivity index (χ2v) is 6.80. The van der Waals surface area contributed by atoms with E-state index in [1.165, 1.54) is 0 Å². The highest BCUT2D eigenvalue weighted by molar-refractivity contribution is 8.13. The van der Waals surface area contributed by atoms with Crippen LogP contribution in [-0.2, 0) is 9.05 Å². The van der Waals surface area contributed by atoms with E-state index in [1.807, 2.05) is 0 Å². The Labute approximate surface area is 91.2 Å². The highest BCUT2D eigenvalue weighted by Gasteiger charge is 2.42. The van der Waals surface area contributed by atoms with Crippen molar-refractivity contribution in [3.63, 3.8) is 0 Å². The Balaban J connectivity index is 2.57. The van der Waals surface area contributed by atoms with Crippen LogP contribution in [0.1, 0.15) is 25.7 Å². The van der Waals surface area contributed by atoms with Gasteiger partial charge in [0.2, 0.25) is 9.05 Å². The van der Waals surface area contributed by atoms with Crippen LogP contribution in [0.3, 0.4) is 0 Å². The number of alkyl halides is 3. The van der Waals surface area contributed by atoms with Crippen LogP contribution < -0.4 is 0 Å². The number of hydrogen-bond donors (Lipinski definition) is 0. The maximum atomic E-state index is 12.4. The smallest absolute Gasteiger partial charge is 0.212 e. The van der Waals surface area contributed by atoms with E-state index >= 15 is 0 Å². The fraction of sp³-hybridized carbons (Fsp3) is 1.00. The maximum Gasteiger partial charge on any atom is 0.391 e.